The van der Waals surface area contributed by atoms with Crippen LogP contribution in [0.2, 0.25) is 0 Å². The van der Waals surface area contributed by atoms with E-state index in [2.05, 4.69) is 21.2 Å². The summed E-state index contributed by atoms with van der Waals surface area (Å²) in [5, 5.41) is 10.4. The minimum atomic E-state index is -5.08. The number of hydrogen-bond acceptors (Lipinski definition) is 4. The van der Waals surface area contributed by atoms with Crippen molar-refractivity contribution in [1.29, 1.82) is 0 Å². The van der Waals surface area contributed by atoms with Crippen LogP contribution in [0.5, 0.6) is 0 Å². The van der Waals surface area contributed by atoms with Crippen LogP contribution in [-0.4, -0.2) is 65.3 Å². The molecule has 0 aromatic carbocycles. The number of aliphatic carboxylic acids is 1. The first kappa shape index (κ1) is 24.4. The third kappa shape index (κ3) is 6.63. The van der Waals surface area contributed by atoms with Gasteiger partial charge in [-0.1, -0.05) is 12.8 Å². The molecule has 1 aliphatic carbocycles. The topological polar surface area (TPSA) is 86.0 Å². The second kappa shape index (κ2) is 10.1. The van der Waals surface area contributed by atoms with E-state index in [-0.39, 0.29) is 11.4 Å². The minimum absolute atomic E-state index is 0.169. The summed E-state index contributed by atoms with van der Waals surface area (Å²) in [6.07, 6.45) is 3.35. The number of aryl methyl sites for hydroxylation is 1. The average molecular weight is 460 g/mol. The summed E-state index contributed by atoms with van der Waals surface area (Å²) in [5.41, 5.74) is 0.285. The number of carboxylic acid groups (broad SMARTS) is 1. The zero-order valence-corrected chi connectivity index (χ0v) is 18.4. The van der Waals surface area contributed by atoms with E-state index in [1.807, 2.05) is 13.0 Å². The first-order valence-corrected chi connectivity index (χ1v) is 11.2. The molecule has 1 saturated carbocycles. The predicted molar refractivity (Wildman–Crippen MR) is 111 cm³/mol. The number of urea groups is 1. The Morgan fingerprint density at radius 2 is 1.84 bits per heavy atom. The number of piperidine rings is 1. The van der Waals surface area contributed by atoms with E-state index >= 15 is 0 Å². The maximum absolute atomic E-state index is 12.6. The van der Waals surface area contributed by atoms with Gasteiger partial charge >= 0.3 is 18.2 Å². The van der Waals surface area contributed by atoms with Gasteiger partial charge in [-0.25, -0.2) is 9.59 Å². The molecule has 1 atom stereocenters. The van der Waals surface area contributed by atoms with Crippen LogP contribution in [0.3, 0.4) is 0 Å². The standard InChI is InChI=1S/C20H31N3O2.C2HF3O2/c1-16-7-8-18(25-16)13-22-11-4-9-20(14-22)10-12-23(15-20)19(24)21-17-5-2-3-6-17;3-2(4,5)1(6)7/h7-8,17H,2-6,9-15H2,1H3,(H,21,24);(H,6,7). The van der Waals surface area contributed by atoms with E-state index in [1.165, 1.54) is 25.7 Å². The number of nitrogens with zero attached hydrogens (tertiary/aromatic N) is 2. The third-order valence-corrected chi connectivity index (χ3v) is 6.57. The molecule has 4 rings (SSSR count). The molecule has 7 nitrogen and oxygen atoms in total. The molecule has 180 valence electrons. The van der Waals surface area contributed by atoms with Crippen LogP contribution in [0.15, 0.2) is 16.5 Å². The maximum Gasteiger partial charge on any atom is 0.490 e. The van der Waals surface area contributed by atoms with Crippen molar-refractivity contribution in [3.05, 3.63) is 23.7 Å². The summed E-state index contributed by atoms with van der Waals surface area (Å²) >= 11 is 0. The van der Waals surface area contributed by atoms with E-state index in [4.69, 9.17) is 14.3 Å². The first-order valence-electron chi connectivity index (χ1n) is 11.2. The Morgan fingerprint density at radius 1 is 1.16 bits per heavy atom. The lowest BCUT2D eigenvalue weighted by Crippen LogP contribution is -2.47. The molecule has 1 aromatic rings. The van der Waals surface area contributed by atoms with Crippen LogP contribution in [0.4, 0.5) is 18.0 Å². The largest absolute Gasteiger partial charge is 0.490 e. The fourth-order valence-corrected chi connectivity index (χ4v) is 5.01. The molecule has 0 radical (unpaired) electrons. The predicted octanol–water partition coefficient (Wildman–Crippen LogP) is 4.16. The number of amides is 2. The highest BCUT2D eigenvalue weighted by molar-refractivity contribution is 5.75. The number of carboxylic acids is 1. The van der Waals surface area contributed by atoms with E-state index in [0.717, 1.165) is 63.5 Å². The van der Waals surface area contributed by atoms with Crippen molar-refractivity contribution in [2.24, 2.45) is 5.41 Å². The number of nitrogens with one attached hydrogen (secondary N) is 1. The van der Waals surface area contributed by atoms with Crippen LogP contribution in [-0.2, 0) is 11.3 Å². The highest BCUT2D eigenvalue weighted by atomic mass is 19.4. The van der Waals surface area contributed by atoms with Crippen LogP contribution < -0.4 is 5.32 Å². The number of carbonyl (C=O) groups is 2. The van der Waals surface area contributed by atoms with Crippen molar-refractivity contribution in [3.8, 4) is 0 Å². The van der Waals surface area contributed by atoms with Gasteiger partial charge in [0.2, 0.25) is 0 Å². The Morgan fingerprint density at radius 3 is 2.44 bits per heavy atom. The normalized spacial score (nSPS) is 24.4. The molecule has 32 heavy (non-hydrogen) atoms. The molecule has 2 amide bonds. The first-order chi connectivity index (χ1) is 15.1. The third-order valence-electron chi connectivity index (χ3n) is 6.57. The van der Waals surface area contributed by atoms with Crippen LogP contribution in [0.25, 0.3) is 0 Å². The summed E-state index contributed by atoms with van der Waals surface area (Å²) in [7, 11) is 0. The van der Waals surface area contributed by atoms with Gasteiger partial charge in [0.25, 0.3) is 0 Å². The van der Waals surface area contributed by atoms with Crippen molar-refractivity contribution >= 4 is 12.0 Å². The molecule has 2 aliphatic heterocycles. The fraction of sp³-hybridized carbons (Fsp3) is 0.727. The Kier molecular flexibility index (Phi) is 7.74. The quantitative estimate of drug-likeness (QED) is 0.709. The van der Waals surface area contributed by atoms with Gasteiger partial charge in [0, 0.05) is 31.1 Å². The monoisotopic (exact) mass is 459 g/mol. The Bertz CT molecular complexity index is 792. The van der Waals surface area contributed by atoms with Gasteiger partial charge in [-0.3, -0.25) is 4.90 Å². The van der Waals surface area contributed by atoms with Gasteiger partial charge in [-0.05, 0) is 57.7 Å². The molecule has 1 unspecified atom stereocenters. The summed E-state index contributed by atoms with van der Waals surface area (Å²) in [6, 6.07) is 4.71. The molecule has 1 aromatic heterocycles. The smallest absolute Gasteiger partial charge is 0.475 e. The summed E-state index contributed by atoms with van der Waals surface area (Å²) < 4.78 is 37.5. The lowest BCUT2D eigenvalue weighted by Gasteiger charge is -2.40. The van der Waals surface area contributed by atoms with E-state index in [1.54, 1.807) is 0 Å². The highest BCUT2D eigenvalue weighted by Crippen LogP contribution is 2.39. The lowest BCUT2D eigenvalue weighted by molar-refractivity contribution is -0.192. The lowest BCUT2D eigenvalue weighted by atomic mass is 9.79. The number of furan rings is 1. The van der Waals surface area contributed by atoms with Gasteiger partial charge < -0.3 is 19.7 Å². The number of hydrogen-bond donors (Lipinski definition) is 2. The number of alkyl halides is 3. The number of likely N-dealkylation sites (tertiary alicyclic amines) is 2. The van der Waals surface area contributed by atoms with Gasteiger partial charge in [-0.15, -0.1) is 0 Å². The SMILES string of the molecule is Cc1ccc(CN2CCCC3(CCN(C(=O)NC4CCCC4)C3)C2)o1.O=C(O)C(F)(F)F. The number of halogens is 3. The molecular formula is C22H32F3N3O4. The molecule has 2 N–H and O–H groups in total. The Labute approximate surface area is 185 Å². The molecule has 10 heteroatoms. The molecule has 3 heterocycles. The van der Waals surface area contributed by atoms with E-state index in [0.29, 0.717) is 6.04 Å². The number of rotatable bonds is 3. The second-order valence-electron chi connectivity index (χ2n) is 9.23. The number of carbonyl (C=O) groups excluding carboxylic acids is 1. The summed E-state index contributed by atoms with van der Waals surface area (Å²) in [6.45, 7) is 6.93. The van der Waals surface area contributed by atoms with Crippen LogP contribution >= 0.6 is 0 Å². The Hall–Kier alpha value is -2.23. The van der Waals surface area contributed by atoms with Crippen molar-refractivity contribution in [3.63, 3.8) is 0 Å². The Balaban J connectivity index is 0.000000360. The second-order valence-corrected chi connectivity index (χ2v) is 9.23. The van der Waals surface area contributed by atoms with Crippen molar-refractivity contribution in [2.45, 2.75) is 70.6 Å². The van der Waals surface area contributed by atoms with Crippen molar-refractivity contribution < 1.29 is 32.3 Å². The van der Waals surface area contributed by atoms with Gasteiger partial charge in [0.15, 0.2) is 0 Å². The zero-order valence-electron chi connectivity index (χ0n) is 18.4. The summed E-state index contributed by atoms with van der Waals surface area (Å²) in [4.78, 5) is 26.1. The van der Waals surface area contributed by atoms with Gasteiger partial charge in [-0.2, -0.15) is 13.2 Å². The zero-order chi connectivity index (χ0) is 23.4. The van der Waals surface area contributed by atoms with Gasteiger partial charge in [0.1, 0.15) is 11.5 Å². The molecule has 2 saturated heterocycles. The molecule has 3 fully saturated rings. The minimum Gasteiger partial charge on any atom is -0.475 e. The van der Waals surface area contributed by atoms with E-state index in [9.17, 15) is 18.0 Å². The average Bonchev–Trinajstić information content (AvgIpc) is 3.45. The molecule has 1 spiro atoms. The molecule has 0 bridgehead atoms. The fourth-order valence-electron chi connectivity index (χ4n) is 5.01. The van der Waals surface area contributed by atoms with Crippen molar-refractivity contribution in [2.75, 3.05) is 26.2 Å². The summed E-state index contributed by atoms with van der Waals surface area (Å²) in [5.74, 6) is -0.715. The molecular weight excluding hydrogens is 427 g/mol. The van der Waals surface area contributed by atoms with Crippen LogP contribution in [0.1, 0.15) is 56.5 Å². The van der Waals surface area contributed by atoms with Crippen LogP contribution in [0, 0.1) is 12.3 Å². The van der Waals surface area contributed by atoms with Gasteiger partial charge in [0.05, 0.1) is 6.54 Å². The maximum atomic E-state index is 12.6. The van der Waals surface area contributed by atoms with E-state index < -0.39 is 12.1 Å². The van der Waals surface area contributed by atoms with Crippen molar-refractivity contribution in [1.82, 2.24) is 15.1 Å². The molecule has 3 aliphatic rings. The highest BCUT2D eigenvalue weighted by Gasteiger charge is 2.43.